The smallest absolute Gasteiger partial charge is 0.337 e. The van der Waals surface area contributed by atoms with Crippen LogP contribution in [0.1, 0.15) is 35.7 Å². The number of ether oxygens (including phenoxy) is 1. The highest BCUT2D eigenvalue weighted by molar-refractivity contribution is 7.88. The zero-order valence-electron chi connectivity index (χ0n) is 12.9. The molecule has 0 amide bonds. The van der Waals surface area contributed by atoms with Crippen LogP contribution in [0, 0.1) is 0 Å². The van der Waals surface area contributed by atoms with E-state index in [4.69, 9.17) is 0 Å². The Hall–Kier alpha value is -1.44. The van der Waals surface area contributed by atoms with Gasteiger partial charge in [-0.1, -0.05) is 12.1 Å². The third-order valence-electron chi connectivity index (χ3n) is 3.81. The van der Waals surface area contributed by atoms with Crippen molar-refractivity contribution in [2.24, 2.45) is 0 Å². The highest BCUT2D eigenvalue weighted by atomic mass is 32.2. The van der Waals surface area contributed by atoms with Crippen LogP contribution in [-0.2, 0) is 20.5 Å². The fourth-order valence-corrected chi connectivity index (χ4v) is 4.26. The van der Waals surface area contributed by atoms with Gasteiger partial charge in [0.2, 0.25) is 10.0 Å². The largest absolute Gasteiger partial charge is 0.465 e. The summed E-state index contributed by atoms with van der Waals surface area (Å²) >= 11 is 0. The summed E-state index contributed by atoms with van der Waals surface area (Å²) < 4.78 is 32.2. The van der Waals surface area contributed by atoms with Crippen LogP contribution < -0.4 is 10.0 Å². The van der Waals surface area contributed by atoms with E-state index < -0.39 is 21.5 Å². The van der Waals surface area contributed by atoms with Gasteiger partial charge in [0.25, 0.3) is 0 Å². The second-order valence-corrected chi connectivity index (χ2v) is 7.59. The molecule has 1 saturated heterocycles. The molecule has 0 bridgehead atoms. The molecule has 1 heterocycles. The van der Waals surface area contributed by atoms with E-state index >= 15 is 0 Å². The minimum atomic E-state index is -3.47. The lowest BCUT2D eigenvalue weighted by Gasteiger charge is -2.34. The van der Waals surface area contributed by atoms with Gasteiger partial charge in [0.15, 0.2) is 0 Å². The number of nitrogens with one attached hydrogen (secondary N) is 2. The van der Waals surface area contributed by atoms with Crippen LogP contribution in [0.5, 0.6) is 0 Å². The Morgan fingerprint density at radius 2 is 2.05 bits per heavy atom. The minimum absolute atomic E-state index is 0.152. The van der Waals surface area contributed by atoms with Gasteiger partial charge in [-0.2, -0.15) is 0 Å². The summed E-state index contributed by atoms with van der Waals surface area (Å²) in [4.78, 5) is 11.5. The van der Waals surface area contributed by atoms with Crippen LogP contribution in [0.15, 0.2) is 24.3 Å². The number of carbonyl (C=O) groups is 1. The molecular formula is C15H22N2O4S. The number of methoxy groups -OCH3 is 1. The first kappa shape index (κ1) is 16.9. The van der Waals surface area contributed by atoms with Crippen molar-refractivity contribution in [1.29, 1.82) is 0 Å². The summed E-state index contributed by atoms with van der Waals surface area (Å²) in [7, 11) is -2.17. The van der Waals surface area contributed by atoms with Crippen LogP contribution in [0.3, 0.4) is 0 Å². The van der Waals surface area contributed by atoms with Crippen molar-refractivity contribution in [2.75, 3.05) is 20.2 Å². The van der Waals surface area contributed by atoms with Gasteiger partial charge in [0.1, 0.15) is 0 Å². The van der Waals surface area contributed by atoms with E-state index in [1.165, 1.54) is 7.11 Å². The molecule has 7 heteroatoms. The number of sulfonamides is 1. The molecule has 0 aliphatic carbocycles. The van der Waals surface area contributed by atoms with Crippen molar-refractivity contribution in [3.8, 4) is 0 Å². The van der Waals surface area contributed by atoms with Gasteiger partial charge in [0.05, 0.1) is 18.4 Å². The Balaban J connectivity index is 2.10. The number of carbonyl (C=O) groups excluding carboxylic acids is 1. The maximum Gasteiger partial charge on any atom is 0.337 e. The van der Waals surface area contributed by atoms with E-state index in [0.717, 1.165) is 25.9 Å². The molecule has 0 aromatic heterocycles. The maximum atomic E-state index is 12.4. The minimum Gasteiger partial charge on any atom is -0.465 e. The number of benzene rings is 1. The van der Waals surface area contributed by atoms with E-state index in [0.29, 0.717) is 11.1 Å². The van der Waals surface area contributed by atoms with E-state index in [9.17, 15) is 13.2 Å². The van der Waals surface area contributed by atoms with Crippen LogP contribution in [0.4, 0.5) is 0 Å². The van der Waals surface area contributed by atoms with Crippen LogP contribution in [0.25, 0.3) is 0 Å². The fourth-order valence-electron chi connectivity index (χ4n) is 2.62. The number of rotatable bonds is 5. The predicted octanol–water partition coefficient (Wildman–Crippen LogP) is 1.03. The monoisotopic (exact) mass is 326 g/mol. The molecule has 2 N–H and O–H groups in total. The second-order valence-electron chi connectivity index (χ2n) is 5.86. The topological polar surface area (TPSA) is 84.5 Å². The van der Waals surface area contributed by atoms with E-state index in [1.807, 2.05) is 6.92 Å². The summed E-state index contributed by atoms with van der Waals surface area (Å²) in [6.45, 7) is 3.53. The first-order valence-corrected chi connectivity index (χ1v) is 8.88. The Kier molecular flexibility index (Phi) is 5.20. The van der Waals surface area contributed by atoms with E-state index in [1.54, 1.807) is 24.3 Å². The SMILES string of the molecule is COC(=O)c1cccc(CS(=O)(=O)NC2(C)CCNCC2)c1. The molecule has 1 aromatic rings. The van der Waals surface area contributed by atoms with Gasteiger partial charge in [-0.05, 0) is 50.6 Å². The summed E-state index contributed by atoms with van der Waals surface area (Å²) in [6.07, 6.45) is 1.52. The van der Waals surface area contributed by atoms with Crippen LogP contribution in [0.2, 0.25) is 0 Å². The van der Waals surface area contributed by atoms with Crippen LogP contribution in [-0.4, -0.2) is 40.1 Å². The standard InChI is InChI=1S/C15H22N2O4S/c1-15(6-8-16-9-7-15)17-22(19,20)11-12-4-3-5-13(10-12)14(18)21-2/h3-5,10,16-17H,6-9,11H2,1-2H3. The van der Waals surface area contributed by atoms with Crippen molar-refractivity contribution in [3.63, 3.8) is 0 Å². The molecule has 0 atom stereocenters. The van der Waals surface area contributed by atoms with Gasteiger partial charge in [-0.15, -0.1) is 0 Å². The van der Waals surface area contributed by atoms with Crippen molar-refractivity contribution in [3.05, 3.63) is 35.4 Å². The molecule has 2 rings (SSSR count). The molecule has 1 fully saturated rings. The average Bonchev–Trinajstić information content (AvgIpc) is 2.45. The molecule has 0 unspecified atom stereocenters. The summed E-state index contributed by atoms with van der Waals surface area (Å²) in [5, 5.41) is 3.22. The highest BCUT2D eigenvalue weighted by Crippen LogP contribution is 2.20. The van der Waals surface area contributed by atoms with Crippen molar-refractivity contribution >= 4 is 16.0 Å². The molecular weight excluding hydrogens is 304 g/mol. The third kappa shape index (κ3) is 4.53. The Bertz CT molecular complexity index is 637. The molecule has 0 radical (unpaired) electrons. The van der Waals surface area contributed by atoms with E-state index in [2.05, 4.69) is 14.8 Å². The van der Waals surface area contributed by atoms with Crippen molar-refractivity contribution < 1.29 is 17.9 Å². The highest BCUT2D eigenvalue weighted by Gasteiger charge is 2.31. The van der Waals surface area contributed by atoms with Gasteiger partial charge < -0.3 is 10.1 Å². The summed E-state index contributed by atoms with van der Waals surface area (Å²) in [5.41, 5.74) is 0.501. The van der Waals surface area contributed by atoms with E-state index in [-0.39, 0.29) is 5.75 Å². The molecule has 122 valence electrons. The predicted molar refractivity (Wildman–Crippen MR) is 84.0 cm³/mol. The fraction of sp³-hybridized carbons (Fsp3) is 0.533. The Morgan fingerprint density at radius 3 is 2.68 bits per heavy atom. The molecule has 0 spiro atoms. The zero-order chi connectivity index (χ0) is 16.2. The van der Waals surface area contributed by atoms with Gasteiger partial charge in [-0.3, -0.25) is 0 Å². The number of piperidine rings is 1. The molecule has 1 aliphatic heterocycles. The number of hydrogen-bond donors (Lipinski definition) is 2. The lowest BCUT2D eigenvalue weighted by Crippen LogP contribution is -2.52. The number of hydrogen-bond acceptors (Lipinski definition) is 5. The molecule has 0 saturated carbocycles. The van der Waals surface area contributed by atoms with Crippen molar-refractivity contribution in [1.82, 2.24) is 10.0 Å². The Morgan fingerprint density at radius 1 is 1.36 bits per heavy atom. The molecule has 22 heavy (non-hydrogen) atoms. The van der Waals surface area contributed by atoms with Gasteiger partial charge in [-0.25, -0.2) is 17.9 Å². The first-order valence-electron chi connectivity index (χ1n) is 7.23. The summed E-state index contributed by atoms with van der Waals surface area (Å²) in [5.74, 6) is -0.626. The third-order valence-corrected chi connectivity index (χ3v) is 5.33. The average molecular weight is 326 g/mol. The lowest BCUT2D eigenvalue weighted by molar-refractivity contribution is 0.0600. The van der Waals surface area contributed by atoms with Crippen LogP contribution >= 0.6 is 0 Å². The number of esters is 1. The second kappa shape index (κ2) is 6.76. The zero-order valence-corrected chi connectivity index (χ0v) is 13.7. The first-order chi connectivity index (χ1) is 10.3. The normalized spacial score (nSPS) is 17.9. The summed E-state index contributed by atoms with van der Waals surface area (Å²) in [6, 6.07) is 6.50. The molecule has 1 aliphatic rings. The molecule has 6 nitrogen and oxygen atoms in total. The Labute approximate surface area is 131 Å². The molecule has 1 aromatic carbocycles. The van der Waals surface area contributed by atoms with Crippen molar-refractivity contribution in [2.45, 2.75) is 31.1 Å². The maximum absolute atomic E-state index is 12.4. The van der Waals surface area contributed by atoms with Gasteiger partial charge in [0, 0.05) is 5.54 Å². The lowest BCUT2D eigenvalue weighted by atomic mass is 9.92. The van der Waals surface area contributed by atoms with Gasteiger partial charge >= 0.3 is 5.97 Å². The quantitative estimate of drug-likeness (QED) is 0.790.